The molecule has 1 rings (SSSR count). The zero-order chi connectivity index (χ0) is 9.90. The summed E-state index contributed by atoms with van der Waals surface area (Å²) in [7, 11) is 0. The number of halogens is 1. The second kappa shape index (κ2) is 4.41. The van der Waals surface area contributed by atoms with Gasteiger partial charge in [-0.3, -0.25) is 0 Å². The van der Waals surface area contributed by atoms with Crippen molar-refractivity contribution in [3.8, 4) is 0 Å². The van der Waals surface area contributed by atoms with Gasteiger partial charge in [-0.2, -0.15) is 0 Å². The molecule has 2 unspecified atom stereocenters. The number of hydrogen-bond donors (Lipinski definition) is 1. The van der Waals surface area contributed by atoms with Gasteiger partial charge in [0, 0.05) is 0 Å². The fourth-order valence-electron chi connectivity index (χ4n) is 2.67. The minimum atomic E-state index is -1.01. The fraction of sp³-hybridized carbons (Fsp3) is 1.00. The first-order valence-corrected chi connectivity index (χ1v) is 5.44. The van der Waals surface area contributed by atoms with E-state index in [0.717, 1.165) is 12.8 Å². The zero-order valence-electron chi connectivity index (χ0n) is 8.85. The monoisotopic (exact) mass is 187 g/mol. The summed E-state index contributed by atoms with van der Waals surface area (Å²) < 4.78 is 13.8. The van der Waals surface area contributed by atoms with Crippen molar-refractivity contribution < 1.29 is 4.39 Å². The van der Waals surface area contributed by atoms with Crippen molar-refractivity contribution in [1.82, 2.24) is 0 Å². The standard InChI is InChI=1S/C11H22FN/c1-11(2,12)10-6-4-3-5-9(10)7-8-13/h9-10H,3-8,13H2,1-2H3. The van der Waals surface area contributed by atoms with Crippen LogP contribution in [0.5, 0.6) is 0 Å². The maximum absolute atomic E-state index is 13.8. The first kappa shape index (κ1) is 11.0. The van der Waals surface area contributed by atoms with E-state index in [1.165, 1.54) is 19.3 Å². The first-order valence-electron chi connectivity index (χ1n) is 5.44. The normalized spacial score (nSPS) is 30.5. The molecule has 13 heavy (non-hydrogen) atoms. The van der Waals surface area contributed by atoms with Crippen molar-refractivity contribution in [2.45, 2.75) is 51.6 Å². The number of alkyl halides is 1. The molecule has 2 atom stereocenters. The summed E-state index contributed by atoms with van der Waals surface area (Å²) in [5, 5.41) is 0. The lowest BCUT2D eigenvalue weighted by Gasteiger charge is -2.37. The molecule has 1 fully saturated rings. The van der Waals surface area contributed by atoms with Gasteiger partial charge in [0.15, 0.2) is 0 Å². The van der Waals surface area contributed by atoms with Crippen molar-refractivity contribution in [1.29, 1.82) is 0 Å². The lowest BCUT2D eigenvalue weighted by molar-refractivity contribution is 0.0465. The van der Waals surface area contributed by atoms with Crippen LogP contribution in [-0.4, -0.2) is 12.2 Å². The van der Waals surface area contributed by atoms with Crippen LogP contribution in [0.2, 0.25) is 0 Å². The molecule has 0 aromatic carbocycles. The van der Waals surface area contributed by atoms with E-state index in [2.05, 4.69) is 0 Å². The van der Waals surface area contributed by atoms with Gasteiger partial charge in [-0.05, 0) is 45.1 Å². The summed E-state index contributed by atoms with van der Waals surface area (Å²) in [5.74, 6) is 0.767. The molecule has 2 N–H and O–H groups in total. The Bertz CT molecular complexity index is 149. The molecule has 1 saturated carbocycles. The highest BCUT2D eigenvalue weighted by Gasteiger charge is 2.36. The third-order valence-corrected chi connectivity index (χ3v) is 3.33. The van der Waals surface area contributed by atoms with Gasteiger partial charge >= 0.3 is 0 Å². The molecule has 0 aliphatic heterocycles. The summed E-state index contributed by atoms with van der Waals surface area (Å²) in [6.45, 7) is 4.14. The van der Waals surface area contributed by atoms with Crippen LogP contribution in [0.4, 0.5) is 4.39 Å². The van der Waals surface area contributed by atoms with Crippen molar-refractivity contribution >= 4 is 0 Å². The summed E-state index contributed by atoms with van der Waals surface area (Å²) in [6, 6.07) is 0. The molecule has 0 bridgehead atoms. The van der Waals surface area contributed by atoms with Crippen molar-refractivity contribution in [3.05, 3.63) is 0 Å². The van der Waals surface area contributed by atoms with E-state index in [1.54, 1.807) is 13.8 Å². The average Bonchev–Trinajstić information content (AvgIpc) is 2.04. The predicted octanol–water partition coefficient (Wildman–Crippen LogP) is 2.89. The van der Waals surface area contributed by atoms with Gasteiger partial charge in [0.1, 0.15) is 5.67 Å². The third kappa shape index (κ3) is 2.94. The molecular formula is C11H22FN. The predicted molar refractivity (Wildman–Crippen MR) is 54.3 cm³/mol. The van der Waals surface area contributed by atoms with Crippen LogP contribution in [0, 0.1) is 11.8 Å². The Balaban J connectivity index is 2.56. The second-order valence-corrected chi connectivity index (χ2v) is 4.79. The summed E-state index contributed by atoms with van der Waals surface area (Å²) in [5.41, 5.74) is 4.53. The maximum Gasteiger partial charge on any atom is 0.108 e. The molecule has 0 radical (unpaired) electrons. The number of hydrogen-bond acceptors (Lipinski definition) is 1. The number of rotatable bonds is 3. The molecule has 0 saturated heterocycles. The van der Waals surface area contributed by atoms with E-state index in [9.17, 15) is 4.39 Å². The van der Waals surface area contributed by atoms with Crippen LogP contribution in [-0.2, 0) is 0 Å². The van der Waals surface area contributed by atoms with Crippen LogP contribution < -0.4 is 5.73 Å². The Morgan fingerprint density at radius 3 is 2.46 bits per heavy atom. The zero-order valence-corrected chi connectivity index (χ0v) is 8.85. The molecule has 78 valence electrons. The lowest BCUT2D eigenvalue weighted by atomic mass is 9.71. The Morgan fingerprint density at radius 2 is 1.92 bits per heavy atom. The fourth-order valence-corrected chi connectivity index (χ4v) is 2.67. The van der Waals surface area contributed by atoms with Gasteiger partial charge in [-0.15, -0.1) is 0 Å². The van der Waals surface area contributed by atoms with E-state index in [4.69, 9.17) is 5.73 Å². The van der Waals surface area contributed by atoms with E-state index >= 15 is 0 Å². The van der Waals surface area contributed by atoms with Crippen molar-refractivity contribution in [2.24, 2.45) is 17.6 Å². The molecule has 0 heterocycles. The van der Waals surface area contributed by atoms with Gasteiger partial charge in [0.25, 0.3) is 0 Å². The van der Waals surface area contributed by atoms with E-state index in [0.29, 0.717) is 12.5 Å². The number of nitrogens with two attached hydrogens (primary N) is 1. The highest BCUT2D eigenvalue weighted by Crippen LogP contribution is 2.40. The molecule has 1 aliphatic rings. The molecule has 0 aromatic heterocycles. The molecular weight excluding hydrogens is 165 g/mol. The van der Waals surface area contributed by atoms with Gasteiger partial charge in [0.05, 0.1) is 0 Å². The minimum absolute atomic E-state index is 0.241. The first-order chi connectivity index (χ1) is 6.05. The van der Waals surface area contributed by atoms with Gasteiger partial charge in [-0.25, -0.2) is 4.39 Å². The van der Waals surface area contributed by atoms with Crippen LogP contribution in [0.3, 0.4) is 0 Å². The molecule has 0 amide bonds. The Kier molecular flexibility index (Phi) is 3.72. The summed E-state index contributed by atoms with van der Waals surface area (Å²) in [4.78, 5) is 0. The van der Waals surface area contributed by atoms with Crippen molar-refractivity contribution in [2.75, 3.05) is 6.54 Å². The van der Waals surface area contributed by atoms with Crippen LogP contribution in [0.25, 0.3) is 0 Å². The third-order valence-electron chi connectivity index (χ3n) is 3.33. The summed E-state index contributed by atoms with van der Waals surface area (Å²) in [6.07, 6.45) is 5.68. The molecule has 0 aromatic rings. The largest absolute Gasteiger partial charge is 0.330 e. The molecule has 1 aliphatic carbocycles. The highest BCUT2D eigenvalue weighted by molar-refractivity contribution is 4.86. The Morgan fingerprint density at radius 1 is 1.31 bits per heavy atom. The van der Waals surface area contributed by atoms with Crippen LogP contribution in [0.15, 0.2) is 0 Å². The lowest BCUT2D eigenvalue weighted by Crippen LogP contribution is -2.35. The highest BCUT2D eigenvalue weighted by atomic mass is 19.1. The van der Waals surface area contributed by atoms with Crippen molar-refractivity contribution in [3.63, 3.8) is 0 Å². The van der Waals surface area contributed by atoms with E-state index in [1.807, 2.05) is 0 Å². The smallest absolute Gasteiger partial charge is 0.108 e. The minimum Gasteiger partial charge on any atom is -0.330 e. The Hall–Kier alpha value is -0.110. The SMILES string of the molecule is CC(C)(F)C1CCCCC1CCN. The van der Waals surface area contributed by atoms with Gasteiger partial charge in [0.2, 0.25) is 0 Å². The van der Waals surface area contributed by atoms with Gasteiger partial charge < -0.3 is 5.73 Å². The summed E-state index contributed by atoms with van der Waals surface area (Å²) >= 11 is 0. The average molecular weight is 187 g/mol. The quantitative estimate of drug-likeness (QED) is 0.722. The Labute approximate surface area is 80.9 Å². The van der Waals surface area contributed by atoms with E-state index in [-0.39, 0.29) is 5.92 Å². The molecule has 2 heteroatoms. The topological polar surface area (TPSA) is 26.0 Å². The van der Waals surface area contributed by atoms with Gasteiger partial charge in [-0.1, -0.05) is 19.3 Å². The molecule has 0 spiro atoms. The van der Waals surface area contributed by atoms with Crippen LogP contribution >= 0.6 is 0 Å². The van der Waals surface area contributed by atoms with Crippen LogP contribution in [0.1, 0.15) is 46.0 Å². The maximum atomic E-state index is 13.8. The van der Waals surface area contributed by atoms with E-state index < -0.39 is 5.67 Å². The second-order valence-electron chi connectivity index (χ2n) is 4.79. The molecule has 1 nitrogen and oxygen atoms in total.